The number of hydrogen-bond donors (Lipinski definition) is 1. The maximum absolute atomic E-state index is 12.3. The number of alkyl halides is 2. The molecule has 1 atom stereocenters. The highest BCUT2D eigenvalue weighted by molar-refractivity contribution is 5.60. The highest BCUT2D eigenvalue weighted by Gasteiger charge is 2.13. The third-order valence-corrected chi connectivity index (χ3v) is 2.63. The second-order valence-electron chi connectivity index (χ2n) is 4.92. The zero-order valence-electron chi connectivity index (χ0n) is 11.7. The predicted octanol–water partition coefficient (Wildman–Crippen LogP) is 4.14. The molecule has 0 radical (unpaired) electrons. The van der Waals surface area contributed by atoms with E-state index in [9.17, 15) is 8.78 Å². The van der Waals surface area contributed by atoms with Gasteiger partial charge in [0.2, 0.25) is 0 Å². The van der Waals surface area contributed by atoms with E-state index in [4.69, 9.17) is 4.74 Å². The minimum Gasteiger partial charge on any atom is -0.497 e. The molecule has 0 amide bonds. The van der Waals surface area contributed by atoms with Crippen LogP contribution in [0.5, 0.6) is 11.5 Å². The van der Waals surface area contributed by atoms with Crippen molar-refractivity contribution in [2.45, 2.75) is 39.8 Å². The van der Waals surface area contributed by atoms with Crippen LogP contribution in [0.3, 0.4) is 0 Å². The Morgan fingerprint density at radius 1 is 1.21 bits per heavy atom. The van der Waals surface area contributed by atoms with Crippen LogP contribution in [0, 0.1) is 5.92 Å². The Morgan fingerprint density at radius 3 is 2.42 bits per heavy atom. The van der Waals surface area contributed by atoms with Gasteiger partial charge in [0.15, 0.2) is 0 Å². The van der Waals surface area contributed by atoms with Gasteiger partial charge in [-0.15, -0.1) is 0 Å². The van der Waals surface area contributed by atoms with Crippen LogP contribution in [-0.2, 0) is 0 Å². The Labute approximate surface area is 112 Å². The van der Waals surface area contributed by atoms with Gasteiger partial charge in [-0.25, -0.2) is 0 Å². The summed E-state index contributed by atoms with van der Waals surface area (Å²) >= 11 is 0. The third kappa shape index (κ3) is 5.32. The van der Waals surface area contributed by atoms with Crippen LogP contribution in [0.15, 0.2) is 18.2 Å². The second-order valence-corrected chi connectivity index (χ2v) is 4.92. The molecule has 0 heterocycles. The van der Waals surface area contributed by atoms with Crippen molar-refractivity contribution >= 4 is 5.69 Å². The van der Waals surface area contributed by atoms with Crippen molar-refractivity contribution in [1.82, 2.24) is 0 Å². The van der Waals surface area contributed by atoms with E-state index in [1.54, 1.807) is 12.1 Å². The fraction of sp³-hybridized carbons (Fsp3) is 0.571. The first-order chi connectivity index (χ1) is 8.92. The first-order valence-corrected chi connectivity index (χ1v) is 6.31. The summed E-state index contributed by atoms with van der Waals surface area (Å²) in [5.74, 6) is 1.25. The quantitative estimate of drug-likeness (QED) is 0.809. The standard InChI is InChI=1S/C14H21F2NO2/c1-9(2)7-10(3)17-12-8-11(18-4)5-6-13(12)19-14(15)16/h5-6,8-10,14,17H,7H2,1-4H3. The van der Waals surface area contributed by atoms with Gasteiger partial charge in [-0.05, 0) is 31.4 Å². The number of anilines is 1. The fourth-order valence-electron chi connectivity index (χ4n) is 1.98. The van der Waals surface area contributed by atoms with Crippen LogP contribution >= 0.6 is 0 Å². The first kappa shape index (κ1) is 15.5. The lowest BCUT2D eigenvalue weighted by atomic mass is 10.0. The summed E-state index contributed by atoms with van der Waals surface area (Å²) in [7, 11) is 1.53. The van der Waals surface area contributed by atoms with Crippen molar-refractivity contribution in [2.75, 3.05) is 12.4 Å². The molecule has 0 fully saturated rings. The summed E-state index contributed by atoms with van der Waals surface area (Å²) in [4.78, 5) is 0. The maximum Gasteiger partial charge on any atom is 0.387 e. The zero-order valence-corrected chi connectivity index (χ0v) is 11.7. The first-order valence-electron chi connectivity index (χ1n) is 6.31. The Balaban J connectivity index is 2.87. The van der Waals surface area contributed by atoms with Crippen LogP contribution in [0.1, 0.15) is 27.2 Å². The molecule has 5 heteroatoms. The topological polar surface area (TPSA) is 30.5 Å². The monoisotopic (exact) mass is 273 g/mol. The Bertz CT molecular complexity index is 397. The Hall–Kier alpha value is -1.52. The summed E-state index contributed by atoms with van der Waals surface area (Å²) in [6.45, 7) is 3.39. The molecule has 0 spiro atoms. The Kier molecular flexibility index (Phi) is 5.86. The van der Waals surface area contributed by atoms with Crippen molar-refractivity contribution in [2.24, 2.45) is 5.92 Å². The van der Waals surface area contributed by atoms with Gasteiger partial charge < -0.3 is 14.8 Å². The number of ether oxygens (including phenoxy) is 2. The summed E-state index contributed by atoms with van der Waals surface area (Å²) in [5.41, 5.74) is 0.521. The predicted molar refractivity (Wildman–Crippen MR) is 72.2 cm³/mol. The van der Waals surface area contributed by atoms with Crippen molar-refractivity contribution < 1.29 is 18.3 Å². The summed E-state index contributed by atoms with van der Waals surface area (Å²) in [6.07, 6.45) is 0.936. The molecule has 0 bridgehead atoms. The summed E-state index contributed by atoms with van der Waals surface area (Å²) in [5, 5.41) is 3.18. The van der Waals surface area contributed by atoms with E-state index in [0.717, 1.165) is 6.42 Å². The normalized spacial score (nSPS) is 12.6. The van der Waals surface area contributed by atoms with Crippen LogP contribution in [0.4, 0.5) is 14.5 Å². The molecule has 0 aliphatic carbocycles. The van der Waals surface area contributed by atoms with E-state index in [2.05, 4.69) is 23.9 Å². The molecule has 19 heavy (non-hydrogen) atoms. The Morgan fingerprint density at radius 2 is 1.89 bits per heavy atom. The van der Waals surface area contributed by atoms with Gasteiger partial charge in [-0.3, -0.25) is 0 Å². The van der Waals surface area contributed by atoms with E-state index in [1.807, 2.05) is 6.92 Å². The lowest BCUT2D eigenvalue weighted by Gasteiger charge is -2.20. The van der Waals surface area contributed by atoms with Gasteiger partial charge in [-0.2, -0.15) is 8.78 Å². The minimum absolute atomic E-state index is 0.131. The molecule has 0 aliphatic heterocycles. The molecule has 108 valence electrons. The summed E-state index contributed by atoms with van der Waals surface area (Å²) in [6, 6.07) is 4.90. The minimum atomic E-state index is -2.84. The lowest BCUT2D eigenvalue weighted by Crippen LogP contribution is -2.18. The molecular weight excluding hydrogens is 252 g/mol. The average molecular weight is 273 g/mol. The highest BCUT2D eigenvalue weighted by atomic mass is 19.3. The van der Waals surface area contributed by atoms with Crippen molar-refractivity contribution in [3.8, 4) is 11.5 Å². The third-order valence-electron chi connectivity index (χ3n) is 2.63. The van der Waals surface area contributed by atoms with Gasteiger partial charge in [0.05, 0.1) is 12.8 Å². The van der Waals surface area contributed by atoms with E-state index in [-0.39, 0.29) is 11.8 Å². The van der Waals surface area contributed by atoms with Gasteiger partial charge >= 0.3 is 6.61 Å². The maximum atomic E-state index is 12.3. The largest absolute Gasteiger partial charge is 0.497 e. The van der Waals surface area contributed by atoms with E-state index in [0.29, 0.717) is 17.4 Å². The van der Waals surface area contributed by atoms with Crippen molar-refractivity contribution in [1.29, 1.82) is 0 Å². The van der Waals surface area contributed by atoms with E-state index >= 15 is 0 Å². The van der Waals surface area contributed by atoms with Crippen LogP contribution in [0.25, 0.3) is 0 Å². The summed E-state index contributed by atoms with van der Waals surface area (Å²) < 4.78 is 34.3. The molecule has 1 N–H and O–H groups in total. The molecule has 0 aromatic heterocycles. The van der Waals surface area contributed by atoms with Gasteiger partial charge in [0.1, 0.15) is 11.5 Å². The SMILES string of the molecule is COc1ccc(OC(F)F)c(NC(C)CC(C)C)c1. The molecule has 1 aromatic rings. The average Bonchev–Trinajstić information content (AvgIpc) is 2.29. The van der Waals surface area contributed by atoms with Gasteiger partial charge in [0, 0.05) is 12.1 Å². The smallest absolute Gasteiger partial charge is 0.387 e. The number of nitrogens with one attached hydrogen (secondary N) is 1. The van der Waals surface area contributed by atoms with Crippen LogP contribution < -0.4 is 14.8 Å². The molecule has 0 saturated heterocycles. The number of methoxy groups -OCH3 is 1. The van der Waals surface area contributed by atoms with Crippen molar-refractivity contribution in [3.63, 3.8) is 0 Å². The second kappa shape index (κ2) is 7.16. The number of hydrogen-bond acceptors (Lipinski definition) is 3. The molecule has 0 aliphatic rings. The lowest BCUT2D eigenvalue weighted by molar-refractivity contribution is -0.0494. The molecule has 1 rings (SSSR count). The fourth-order valence-corrected chi connectivity index (χ4v) is 1.98. The number of halogens is 2. The van der Waals surface area contributed by atoms with Gasteiger partial charge in [0.25, 0.3) is 0 Å². The van der Waals surface area contributed by atoms with Gasteiger partial charge in [-0.1, -0.05) is 13.8 Å². The highest BCUT2D eigenvalue weighted by Crippen LogP contribution is 2.31. The number of benzene rings is 1. The van der Waals surface area contributed by atoms with Crippen LogP contribution in [-0.4, -0.2) is 19.8 Å². The molecule has 3 nitrogen and oxygen atoms in total. The number of rotatable bonds is 7. The van der Waals surface area contributed by atoms with E-state index in [1.165, 1.54) is 13.2 Å². The van der Waals surface area contributed by atoms with Crippen molar-refractivity contribution in [3.05, 3.63) is 18.2 Å². The molecule has 1 unspecified atom stereocenters. The molecular formula is C14H21F2NO2. The van der Waals surface area contributed by atoms with E-state index < -0.39 is 6.61 Å². The molecule has 1 aromatic carbocycles. The molecule has 0 saturated carbocycles. The van der Waals surface area contributed by atoms with Crippen LogP contribution in [0.2, 0.25) is 0 Å². The zero-order chi connectivity index (χ0) is 14.4.